The largest absolute Gasteiger partial charge is 0.459 e. The summed E-state index contributed by atoms with van der Waals surface area (Å²) in [6.07, 6.45) is 3.43. The zero-order valence-corrected chi connectivity index (χ0v) is 14.1. The number of hydrogen-bond donors (Lipinski definition) is 0. The number of nitrogens with zero attached hydrogens (tertiary/aromatic N) is 4. The third-order valence-corrected chi connectivity index (χ3v) is 4.29. The van der Waals surface area contributed by atoms with Crippen molar-refractivity contribution in [1.82, 2.24) is 20.0 Å². The molecule has 1 aromatic carbocycles. The van der Waals surface area contributed by atoms with E-state index in [-0.39, 0.29) is 6.04 Å². The predicted molar refractivity (Wildman–Crippen MR) is 93.6 cm³/mol. The first kappa shape index (κ1) is 15.5. The molecule has 1 atom stereocenters. The van der Waals surface area contributed by atoms with Gasteiger partial charge in [-0.2, -0.15) is 4.98 Å². The van der Waals surface area contributed by atoms with Crippen LogP contribution in [0.25, 0.3) is 22.4 Å². The lowest BCUT2D eigenvalue weighted by molar-refractivity contribution is 0.198. The van der Waals surface area contributed by atoms with Crippen molar-refractivity contribution in [2.45, 2.75) is 19.5 Å². The van der Waals surface area contributed by atoms with Crippen LogP contribution in [0.2, 0.25) is 0 Å². The molecule has 0 saturated heterocycles. The molecule has 0 bridgehead atoms. The molecule has 0 amide bonds. The highest BCUT2D eigenvalue weighted by atomic mass is 16.5. The average molecular weight is 334 g/mol. The van der Waals surface area contributed by atoms with Gasteiger partial charge in [0.1, 0.15) is 11.3 Å². The molecule has 6 heteroatoms. The molecule has 0 aliphatic carbocycles. The van der Waals surface area contributed by atoms with Crippen molar-refractivity contribution in [3.8, 4) is 11.4 Å². The van der Waals surface area contributed by atoms with Crippen LogP contribution in [0.15, 0.2) is 63.8 Å². The van der Waals surface area contributed by atoms with E-state index in [1.807, 2.05) is 43.4 Å². The van der Waals surface area contributed by atoms with E-state index >= 15 is 0 Å². The summed E-state index contributed by atoms with van der Waals surface area (Å²) in [6, 6.07) is 13.9. The van der Waals surface area contributed by atoms with E-state index in [1.54, 1.807) is 12.4 Å². The first-order chi connectivity index (χ1) is 12.2. The van der Waals surface area contributed by atoms with Gasteiger partial charge in [-0.1, -0.05) is 23.4 Å². The molecule has 4 rings (SSSR count). The van der Waals surface area contributed by atoms with Gasteiger partial charge in [-0.05, 0) is 38.2 Å². The smallest absolute Gasteiger partial charge is 0.241 e. The first-order valence-electron chi connectivity index (χ1n) is 8.12. The fraction of sp³-hybridized carbons (Fsp3) is 0.211. The van der Waals surface area contributed by atoms with Crippen LogP contribution >= 0.6 is 0 Å². The lowest BCUT2D eigenvalue weighted by Crippen LogP contribution is -2.21. The Balaban J connectivity index is 1.49. The highest BCUT2D eigenvalue weighted by Gasteiger charge is 2.19. The number of rotatable bonds is 5. The fourth-order valence-corrected chi connectivity index (χ4v) is 2.71. The number of para-hydroxylation sites is 1. The summed E-state index contributed by atoms with van der Waals surface area (Å²) in [7, 11) is 2.01. The summed E-state index contributed by atoms with van der Waals surface area (Å²) < 4.78 is 11.3. The molecule has 1 unspecified atom stereocenters. The third kappa shape index (κ3) is 3.16. The van der Waals surface area contributed by atoms with E-state index in [4.69, 9.17) is 8.94 Å². The first-order valence-corrected chi connectivity index (χ1v) is 8.12. The normalized spacial score (nSPS) is 12.8. The van der Waals surface area contributed by atoms with E-state index in [1.165, 1.54) is 0 Å². The van der Waals surface area contributed by atoms with Gasteiger partial charge in [0.25, 0.3) is 0 Å². The summed E-state index contributed by atoms with van der Waals surface area (Å²) >= 11 is 0. The molecule has 126 valence electrons. The Morgan fingerprint density at radius 2 is 2.04 bits per heavy atom. The van der Waals surface area contributed by atoms with Crippen LogP contribution in [0.1, 0.15) is 24.6 Å². The standard InChI is InChI=1S/C19H18N4O2/c1-13(17-10-14-6-3-4-8-16(14)24-17)23(2)12-18-21-19(22-25-18)15-7-5-9-20-11-15/h3-11,13H,12H2,1-2H3. The Labute approximate surface area is 145 Å². The fourth-order valence-electron chi connectivity index (χ4n) is 2.71. The van der Waals surface area contributed by atoms with Crippen LogP contribution in [0.3, 0.4) is 0 Å². The summed E-state index contributed by atoms with van der Waals surface area (Å²) in [5.41, 5.74) is 1.74. The van der Waals surface area contributed by atoms with E-state index in [0.29, 0.717) is 18.3 Å². The van der Waals surface area contributed by atoms with E-state index in [0.717, 1.165) is 22.3 Å². The van der Waals surface area contributed by atoms with Crippen LogP contribution in [-0.2, 0) is 6.54 Å². The third-order valence-electron chi connectivity index (χ3n) is 4.29. The molecule has 6 nitrogen and oxygen atoms in total. The highest BCUT2D eigenvalue weighted by Crippen LogP contribution is 2.27. The van der Waals surface area contributed by atoms with Crippen molar-refractivity contribution in [3.05, 3.63) is 66.5 Å². The molecule has 3 aromatic heterocycles. The number of benzene rings is 1. The van der Waals surface area contributed by atoms with Crippen LogP contribution in [0, 0.1) is 0 Å². The van der Waals surface area contributed by atoms with Crippen molar-refractivity contribution >= 4 is 11.0 Å². The van der Waals surface area contributed by atoms with Crippen molar-refractivity contribution < 1.29 is 8.94 Å². The summed E-state index contributed by atoms with van der Waals surface area (Å²) in [4.78, 5) is 10.6. The number of pyridine rings is 1. The monoisotopic (exact) mass is 334 g/mol. The summed E-state index contributed by atoms with van der Waals surface area (Å²) in [5, 5.41) is 5.14. The Bertz CT molecular complexity index is 944. The number of aromatic nitrogens is 3. The second-order valence-corrected chi connectivity index (χ2v) is 6.03. The topological polar surface area (TPSA) is 68.2 Å². The number of fused-ring (bicyclic) bond motifs is 1. The van der Waals surface area contributed by atoms with Crippen molar-refractivity contribution in [1.29, 1.82) is 0 Å². The van der Waals surface area contributed by atoms with Crippen LogP contribution in [0.5, 0.6) is 0 Å². The van der Waals surface area contributed by atoms with Crippen LogP contribution in [-0.4, -0.2) is 27.1 Å². The van der Waals surface area contributed by atoms with Gasteiger partial charge in [-0.25, -0.2) is 0 Å². The Morgan fingerprint density at radius 3 is 2.84 bits per heavy atom. The minimum absolute atomic E-state index is 0.0844. The maximum Gasteiger partial charge on any atom is 0.241 e. The second kappa shape index (κ2) is 6.49. The Hall–Kier alpha value is -2.99. The van der Waals surface area contributed by atoms with Gasteiger partial charge in [-0.15, -0.1) is 0 Å². The molecule has 4 aromatic rings. The zero-order chi connectivity index (χ0) is 17.2. The van der Waals surface area contributed by atoms with Crippen LogP contribution in [0.4, 0.5) is 0 Å². The molecule has 0 aliphatic rings. The molecule has 0 aliphatic heterocycles. The average Bonchev–Trinajstić information content (AvgIpc) is 3.28. The molecule has 0 N–H and O–H groups in total. The maximum absolute atomic E-state index is 5.95. The number of hydrogen-bond acceptors (Lipinski definition) is 6. The van der Waals surface area contributed by atoms with Gasteiger partial charge >= 0.3 is 0 Å². The summed E-state index contributed by atoms with van der Waals surface area (Å²) in [5.74, 6) is 2.02. The van der Waals surface area contributed by atoms with Crippen molar-refractivity contribution in [2.75, 3.05) is 7.05 Å². The SMILES string of the molecule is CC(c1cc2ccccc2o1)N(C)Cc1nc(-c2cccnc2)no1. The molecular formula is C19H18N4O2. The van der Waals surface area contributed by atoms with Gasteiger partial charge in [0.05, 0.1) is 12.6 Å². The zero-order valence-electron chi connectivity index (χ0n) is 14.1. The quantitative estimate of drug-likeness (QED) is 0.548. The van der Waals surface area contributed by atoms with Gasteiger partial charge in [0.2, 0.25) is 11.7 Å². The lowest BCUT2D eigenvalue weighted by atomic mass is 10.2. The summed E-state index contributed by atoms with van der Waals surface area (Å²) in [6.45, 7) is 2.63. The molecule has 0 radical (unpaired) electrons. The van der Waals surface area contributed by atoms with Gasteiger partial charge in [-0.3, -0.25) is 9.88 Å². The van der Waals surface area contributed by atoms with E-state index in [9.17, 15) is 0 Å². The molecule has 0 saturated carbocycles. The molecule has 0 fully saturated rings. The minimum Gasteiger partial charge on any atom is -0.459 e. The predicted octanol–water partition coefficient (Wildman–Crippen LogP) is 4.07. The lowest BCUT2D eigenvalue weighted by Gasteiger charge is -2.20. The Kier molecular flexibility index (Phi) is 4.03. The highest BCUT2D eigenvalue weighted by molar-refractivity contribution is 5.77. The van der Waals surface area contributed by atoms with Gasteiger partial charge in [0.15, 0.2) is 0 Å². The van der Waals surface area contributed by atoms with Gasteiger partial charge in [0, 0.05) is 23.3 Å². The van der Waals surface area contributed by atoms with Gasteiger partial charge < -0.3 is 8.94 Å². The van der Waals surface area contributed by atoms with Crippen LogP contribution < -0.4 is 0 Å². The molecular weight excluding hydrogens is 316 g/mol. The Morgan fingerprint density at radius 1 is 1.16 bits per heavy atom. The van der Waals surface area contributed by atoms with Crippen molar-refractivity contribution in [3.63, 3.8) is 0 Å². The second-order valence-electron chi connectivity index (χ2n) is 6.03. The number of furan rings is 1. The molecule has 25 heavy (non-hydrogen) atoms. The minimum atomic E-state index is 0.0844. The van der Waals surface area contributed by atoms with E-state index in [2.05, 4.69) is 33.0 Å². The molecule has 0 spiro atoms. The molecule has 3 heterocycles. The van der Waals surface area contributed by atoms with E-state index < -0.39 is 0 Å². The maximum atomic E-state index is 5.95. The van der Waals surface area contributed by atoms with Crippen molar-refractivity contribution in [2.24, 2.45) is 0 Å².